The van der Waals surface area contributed by atoms with Gasteiger partial charge in [-0.15, -0.1) is 0 Å². The molecule has 0 spiro atoms. The number of hydrogen-bond donors (Lipinski definition) is 0. The fourth-order valence-corrected chi connectivity index (χ4v) is 8.91. The van der Waals surface area contributed by atoms with Crippen LogP contribution in [0, 0.1) is 11.6 Å². The van der Waals surface area contributed by atoms with Gasteiger partial charge >= 0.3 is 18.2 Å². The molecule has 2 aromatic carbocycles. The molecule has 3 rings (SSSR count). The molecule has 1 heterocycles. The number of rotatable bonds is 11. The molecule has 0 aromatic heterocycles. The van der Waals surface area contributed by atoms with E-state index < -0.39 is 59.1 Å². The van der Waals surface area contributed by atoms with E-state index in [-0.39, 0.29) is 51.7 Å². The zero-order valence-electron chi connectivity index (χ0n) is 31.8. The van der Waals surface area contributed by atoms with Crippen LogP contribution >= 0.6 is 7.37 Å². The third-order valence-electron chi connectivity index (χ3n) is 8.04. The summed E-state index contributed by atoms with van der Waals surface area (Å²) < 4.78 is 66.0. The van der Waals surface area contributed by atoms with Crippen LogP contribution in [0.15, 0.2) is 42.5 Å². The van der Waals surface area contributed by atoms with E-state index in [1.54, 1.807) is 87.4 Å². The Labute approximate surface area is 301 Å². The van der Waals surface area contributed by atoms with Crippen LogP contribution in [0.4, 0.5) is 18.4 Å². The van der Waals surface area contributed by atoms with E-state index in [1.165, 1.54) is 24.3 Å². The number of imide groups is 1. The van der Waals surface area contributed by atoms with E-state index >= 15 is 0 Å². The lowest BCUT2D eigenvalue weighted by molar-refractivity contribution is -0.160. The quantitative estimate of drug-likeness (QED) is 0.0965. The molecule has 2 amide bonds. The highest BCUT2D eigenvalue weighted by molar-refractivity contribution is 7.62. The Morgan fingerprint density at radius 1 is 0.824 bits per heavy atom. The van der Waals surface area contributed by atoms with Gasteiger partial charge in [0.05, 0.1) is 6.61 Å². The van der Waals surface area contributed by atoms with Gasteiger partial charge in [0, 0.05) is 32.3 Å². The number of halogens is 2. The number of amides is 2. The Balaban J connectivity index is 1.97. The predicted molar refractivity (Wildman–Crippen MR) is 193 cm³/mol. The zero-order chi connectivity index (χ0) is 38.4. The second-order valence-corrected chi connectivity index (χ2v) is 18.8. The smallest absolute Gasteiger partial charge is 0.419 e. The van der Waals surface area contributed by atoms with Gasteiger partial charge in [-0.3, -0.25) is 14.3 Å². The molecule has 1 saturated heterocycles. The molecule has 1 fully saturated rings. The lowest BCUT2D eigenvalue weighted by atomic mass is 9.96. The summed E-state index contributed by atoms with van der Waals surface area (Å²) in [5, 5.41) is -1.59. The Morgan fingerprint density at radius 3 is 1.90 bits per heavy atom. The summed E-state index contributed by atoms with van der Waals surface area (Å²) in [6, 6.07) is 10.2. The van der Waals surface area contributed by atoms with Crippen LogP contribution in [0.1, 0.15) is 94.1 Å². The van der Waals surface area contributed by atoms with Crippen molar-refractivity contribution in [3.8, 4) is 11.1 Å². The van der Waals surface area contributed by atoms with E-state index in [0.29, 0.717) is 17.7 Å². The topological polar surface area (TPSA) is 112 Å². The summed E-state index contributed by atoms with van der Waals surface area (Å²) in [5.41, 5.74) is -0.703. The fourth-order valence-electron chi connectivity index (χ4n) is 5.91. The van der Waals surface area contributed by atoms with Crippen LogP contribution in [0.2, 0.25) is 0 Å². The summed E-state index contributed by atoms with van der Waals surface area (Å²) in [6.07, 6.45) is -1.08. The van der Waals surface area contributed by atoms with Crippen molar-refractivity contribution < 1.29 is 46.5 Å². The Kier molecular flexibility index (Phi) is 13.7. The normalized spacial score (nSPS) is 20.1. The Bertz CT molecular complexity index is 1550. The maximum atomic E-state index is 14.8. The van der Waals surface area contributed by atoms with Crippen molar-refractivity contribution in [2.75, 3.05) is 32.4 Å². The van der Waals surface area contributed by atoms with E-state index in [4.69, 9.17) is 18.7 Å². The molecule has 1 aliphatic heterocycles. The molecule has 0 radical (unpaired) electrons. The summed E-state index contributed by atoms with van der Waals surface area (Å²) >= 11 is 0. The summed E-state index contributed by atoms with van der Waals surface area (Å²) in [6.45, 7) is 17.7. The summed E-state index contributed by atoms with van der Waals surface area (Å²) in [7, 11) is -3.69. The van der Waals surface area contributed by atoms with Crippen LogP contribution in [0.5, 0.6) is 0 Å². The molecule has 0 aliphatic carbocycles. The minimum atomic E-state index is -3.69. The first-order valence-corrected chi connectivity index (χ1v) is 19.3. The van der Waals surface area contributed by atoms with Crippen molar-refractivity contribution in [1.82, 2.24) is 9.80 Å². The number of carbonyl (C=O) groups excluding carboxylic acids is 3. The number of nitrogens with zero attached hydrogens (tertiary/aromatic N) is 2. The highest BCUT2D eigenvalue weighted by atomic mass is 31.2. The molecule has 2 unspecified atom stereocenters. The van der Waals surface area contributed by atoms with Crippen LogP contribution in [-0.4, -0.2) is 82.3 Å². The van der Waals surface area contributed by atoms with Crippen molar-refractivity contribution in [3.05, 3.63) is 59.7 Å². The van der Waals surface area contributed by atoms with E-state index in [2.05, 4.69) is 0 Å². The fraction of sp³-hybridized carbons (Fsp3) is 0.605. The molecule has 13 heteroatoms. The first-order chi connectivity index (χ1) is 23.5. The van der Waals surface area contributed by atoms with Gasteiger partial charge in [0.1, 0.15) is 28.4 Å². The molecule has 0 N–H and O–H groups in total. The van der Waals surface area contributed by atoms with Gasteiger partial charge < -0.3 is 18.7 Å². The summed E-state index contributed by atoms with van der Waals surface area (Å²) in [5.74, 6) is -1.53. The first-order valence-electron chi connectivity index (χ1n) is 17.4. The van der Waals surface area contributed by atoms with Gasteiger partial charge in [-0.1, -0.05) is 18.2 Å². The van der Waals surface area contributed by atoms with Gasteiger partial charge in [0.2, 0.25) is 7.37 Å². The highest BCUT2D eigenvalue weighted by Crippen LogP contribution is 2.64. The second kappa shape index (κ2) is 16.6. The van der Waals surface area contributed by atoms with Crippen molar-refractivity contribution in [1.29, 1.82) is 0 Å². The number of benzene rings is 2. The molecular formula is C38H55F2N2O8P. The SMILES string of the molecule is CCOP1(=O)CCN(Cc2ccc(F)cc2-c2ccc(F)cc2)CC1(CCCCN(C(=O)OC(C)(C)C)C(=O)OC(C)(C)C)C(=O)OC(C)(C)C. The van der Waals surface area contributed by atoms with E-state index in [0.717, 1.165) is 10.5 Å². The lowest BCUT2D eigenvalue weighted by Gasteiger charge is -2.46. The zero-order valence-corrected chi connectivity index (χ0v) is 32.7. The Hall–Kier alpha value is -3.34. The van der Waals surface area contributed by atoms with Crippen molar-refractivity contribution in [2.45, 2.75) is 117 Å². The van der Waals surface area contributed by atoms with Crippen molar-refractivity contribution in [3.63, 3.8) is 0 Å². The number of hydrogen-bond acceptors (Lipinski definition) is 9. The number of ether oxygens (including phenoxy) is 3. The highest BCUT2D eigenvalue weighted by Gasteiger charge is 2.59. The maximum absolute atomic E-state index is 14.8. The average molecular weight is 737 g/mol. The number of esters is 1. The van der Waals surface area contributed by atoms with Gasteiger partial charge in [0.15, 0.2) is 5.16 Å². The van der Waals surface area contributed by atoms with Crippen LogP contribution in [0.25, 0.3) is 11.1 Å². The molecule has 284 valence electrons. The first kappa shape index (κ1) is 42.1. The largest absolute Gasteiger partial charge is 0.459 e. The molecular weight excluding hydrogens is 681 g/mol. The molecule has 0 saturated carbocycles. The molecule has 10 nitrogen and oxygen atoms in total. The second-order valence-electron chi connectivity index (χ2n) is 15.9. The minimum Gasteiger partial charge on any atom is -0.459 e. The molecule has 2 atom stereocenters. The average Bonchev–Trinajstić information content (AvgIpc) is 2.97. The van der Waals surface area contributed by atoms with Gasteiger partial charge in [-0.25, -0.2) is 23.3 Å². The monoisotopic (exact) mass is 736 g/mol. The Morgan fingerprint density at radius 2 is 1.37 bits per heavy atom. The number of unbranched alkanes of at least 4 members (excludes halogenated alkanes) is 1. The third-order valence-corrected chi connectivity index (χ3v) is 11.4. The molecule has 0 bridgehead atoms. The maximum Gasteiger partial charge on any atom is 0.419 e. The molecule has 2 aromatic rings. The van der Waals surface area contributed by atoms with Crippen molar-refractivity contribution >= 4 is 25.5 Å². The number of carbonyl (C=O) groups is 3. The minimum absolute atomic E-state index is 0.0152. The summed E-state index contributed by atoms with van der Waals surface area (Å²) in [4.78, 5) is 43.4. The lowest BCUT2D eigenvalue weighted by Crippen LogP contribution is -2.56. The van der Waals surface area contributed by atoms with E-state index in [1.807, 2.05) is 4.90 Å². The van der Waals surface area contributed by atoms with Gasteiger partial charge in [-0.2, -0.15) is 0 Å². The van der Waals surface area contributed by atoms with E-state index in [9.17, 15) is 27.7 Å². The van der Waals surface area contributed by atoms with Crippen LogP contribution in [-0.2, 0) is 34.6 Å². The standard InChI is InChI=1S/C38H55F2N2O8P/c1-11-47-51(46)23-22-41(25-28-16-19-30(40)24-31(28)27-14-17-29(39)18-15-27)26-38(51,32(43)48-35(2,3)4)20-12-13-21-42(33(44)49-36(5,6)7)34(45)50-37(8,9)10/h14-19,24H,11-13,20-23,25-26H2,1-10H3. The molecule has 1 aliphatic rings. The predicted octanol–water partition coefficient (Wildman–Crippen LogP) is 9.19. The van der Waals surface area contributed by atoms with Crippen molar-refractivity contribution in [2.24, 2.45) is 0 Å². The third kappa shape index (κ3) is 11.8. The molecule has 51 heavy (non-hydrogen) atoms. The van der Waals surface area contributed by atoms with Crippen LogP contribution in [0.3, 0.4) is 0 Å². The van der Waals surface area contributed by atoms with Gasteiger partial charge in [0.25, 0.3) is 0 Å². The van der Waals surface area contributed by atoms with Crippen LogP contribution < -0.4 is 0 Å². The van der Waals surface area contributed by atoms with Gasteiger partial charge in [-0.05, 0) is 129 Å².